The highest BCUT2D eigenvalue weighted by atomic mass is 32.2. The van der Waals surface area contributed by atoms with Crippen molar-refractivity contribution in [2.45, 2.75) is 59.4 Å². The first kappa shape index (κ1) is 31.4. The van der Waals surface area contributed by atoms with Gasteiger partial charge in [0, 0.05) is 29.9 Å². The summed E-state index contributed by atoms with van der Waals surface area (Å²) in [6, 6.07) is 8.14. The summed E-state index contributed by atoms with van der Waals surface area (Å²) in [4.78, 5) is 0. The van der Waals surface area contributed by atoms with Crippen molar-refractivity contribution in [3.8, 4) is 0 Å². The summed E-state index contributed by atoms with van der Waals surface area (Å²) in [5, 5.41) is 8.39. The first-order chi connectivity index (χ1) is 17.1. The fourth-order valence-corrected chi connectivity index (χ4v) is 4.44. The molecule has 36 heavy (non-hydrogen) atoms. The van der Waals surface area contributed by atoms with Crippen molar-refractivity contribution in [2.24, 2.45) is 5.84 Å². The number of benzene rings is 1. The van der Waals surface area contributed by atoms with E-state index in [0.29, 0.717) is 6.54 Å². The van der Waals surface area contributed by atoms with Crippen molar-refractivity contribution in [1.82, 2.24) is 10.6 Å². The SMILES string of the molecule is C=CC(CSC/C=C(\C)CC/C=C(\C)CCC=C(C)C)NC(=C)CNC(=C)c1ccc(N(C)N)cc1. The molecule has 0 aromatic heterocycles. The molecule has 1 atom stereocenters. The van der Waals surface area contributed by atoms with Gasteiger partial charge in [0.05, 0.1) is 18.3 Å². The third kappa shape index (κ3) is 14.1. The van der Waals surface area contributed by atoms with Crippen molar-refractivity contribution >= 4 is 23.1 Å². The molecule has 4 nitrogen and oxygen atoms in total. The Labute approximate surface area is 225 Å². The van der Waals surface area contributed by atoms with Crippen molar-refractivity contribution in [2.75, 3.05) is 30.1 Å². The van der Waals surface area contributed by atoms with Crippen LogP contribution in [-0.4, -0.2) is 31.1 Å². The third-order valence-corrected chi connectivity index (χ3v) is 6.78. The summed E-state index contributed by atoms with van der Waals surface area (Å²) in [5.74, 6) is 7.72. The second kappa shape index (κ2) is 17.7. The van der Waals surface area contributed by atoms with Crippen LogP contribution in [0.4, 0.5) is 5.69 Å². The van der Waals surface area contributed by atoms with E-state index in [4.69, 9.17) is 5.84 Å². The molecule has 0 amide bonds. The topological polar surface area (TPSA) is 53.3 Å². The number of hydrazine groups is 1. The summed E-state index contributed by atoms with van der Waals surface area (Å²) in [6.45, 7) is 21.7. The molecule has 1 unspecified atom stereocenters. The molecule has 4 N–H and O–H groups in total. The molecule has 1 rings (SSSR count). The fourth-order valence-electron chi connectivity index (χ4n) is 3.43. The first-order valence-corrected chi connectivity index (χ1v) is 13.9. The minimum Gasteiger partial charge on any atom is -0.380 e. The molecule has 0 bridgehead atoms. The molecule has 0 aliphatic rings. The lowest BCUT2D eigenvalue weighted by Crippen LogP contribution is -2.32. The minimum atomic E-state index is 0.178. The van der Waals surface area contributed by atoms with Crippen LogP contribution in [0.15, 0.2) is 90.7 Å². The molecule has 1 aromatic rings. The molecule has 1 aromatic carbocycles. The highest BCUT2D eigenvalue weighted by molar-refractivity contribution is 7.99. The lowest BCUT2D eigenvalue weighted by molar-refractivity contribution is 0.709. The van der Waals surface area contributed by atoms with Gasteiger partial charge < -0.3 is 15.6 Å². The van der Waals surface area contributed by atoms with E-state index >= 15 is 0 Å². The molecule has 5 heteroatoms. The maximum absolute atomic E-state index is 5.76. The van der Waals surface area contributed by atoms with Gasteiger partial charge in [0.15, 0.2) is 0 Å². The van der Waals surface area contributed by atoms with Gasteiger partial charge in [-0.3, -0.25) is 0 Å². The minimum absolute atomic E-state index is 0.178. The average Bonchev–Trinajstić information content (AvgIpc) is 2.84. The smallest absolute Gasteiger partial charge is 0.0542 e. The summed E-state index contributed by atoms with van der Waals surface area (Å²) in [6.07, 6.45) is 13.6. The predicted octanol–water partition coefficient (Wildman–Crippen LogP) is 7.37. The highest BCUT2D eigenvalue weighted by Crippen LogP contribution is 2.16. The predicted molar refractivity (Wildman–Crippen MR) is 165 cm³/mol. The van der Waals surface area contributed by atoms with Crippen LogP contribution < -0.4 is 21.5 Å². The fraction of sp³-hybridized carbons (Fsp3) is 0.419. The second-order valence-corrected chi connectivity index (χ2v) is 10.7. The summed E-state index contributed by atoms with van der Waals surface area (Å²) in [5.41, 5.74) is 8.10. The Balaban J connectivity index is 2.31. The van der Waals surface area contributed by atoms with Gasteiger partial charge in [-0.1, -0.05) is 66.3 Å². The van der Waals surface area contributed by atoms with Gasteiger partial charge in [0.1, 0.15) is 0 Å². The van der Waals surface area contributed by atoms with E-state index in [2.05, 4.69) is 76.3 Å². The van der Waals surface area contributed by atoms with Crippen LogP contribution in [0.1, 0.15) is 58.9 Å². The van der Waals surface area contributed by atoms with E-state index in [1.54, 1.807) is 5.01 Å². The number of nitrogens with zero attached hydrogens (tertiary/aromatic N) is 1. The molecule has 0 saturated heterocycles. The van der Waals surface area contributed by atoms with Crippen LogP contribution in [0.5, 0.6) is 0 Å². The molecule has 0 saturated carbocycles. The molecule has 0 heterocycles. The van der Waals surface area contributed by atoms with E-state index in [-0.39, 0.29) is 6.04 Å². The second-order valence-electron chi connectivity index (χ2n) is 9.58. The molecule has 0 radical (unpaired) electrons. The van der Waals surface area contributed by atoms with E-state index in [0.717, 1.165) is 59.8 Å². The molecular formula is C31H48N4S. The van der Waals surface area contributed by atoms with Gasteiger partial charge in [-0.2, -0.15) is 11.8 Å². The standard InChI is InChI=1S/C31H48N4S/c1-9-30(23-36-21-20-26(5)15-11-14-25(4)13-10-12-24(2)3)34-27(6)22-33-28(7)29-16-18-31(19-17-29)35(8)32/h9,12,14,16-20,30,33-34H,1,6-7,10-11,13,15,21-23,32H2,2-5,8H3/b25-14+,26-20+. The van der Waals surface area contributed by atoms with E-state index in [1.165, 1.54) is 16.7 Å². The van der Waals surface area contributed by atoms with Crippen LogP contribution in [0.3, 0.4) is 0 Å². The van der Waals surface area contributed by atoms with Crippen molar-refractivity contribution in [3.63, 3.8) is 0 Å². The number of nitrogens with one attached hydrogen (secondary N) is 2. The monoisotopic (exact) mass is 508 g/mol. The Morgan fingerprint density at radius 1 is 1.00 bits per heavy atom. The van der Waals surface area contributed by atoms with Gasteiger partial charge in [-0.15, -0.1) is 6.58 Å². The molecule has 0 fully saturated rings. The zero-order chi connectivity index (χ0) is 26.9. The van der Waals surface area contributed by atoms with E-state index in [9.17, 15) is 0 Å². The Bertz CT molecular complexity index is 918. The maximum atomic E-state index is 5.76. The largest absolute Gasteiger partial charge is 0.380 e. The lowest BCUT2D eigenvalue weighted by atomic mass is 10.1. The number of thioether (sulfide) groups is 1. The Morgan fingerprint density at radius 3 is 2.19 bits per heavy atom. The molecule has 0 spiro atoms. The summed E-state index contributed by atoms with van der Waals surface area (Å²) >= 11 is 1.91. The van der Waals surface area contributed by atoms with Crippen LogP contribution in [0.2, 0.25) is 0 Å². The normalized spacial score (nSPS) is 12.5. The number of allylic oxidation sites excluding steroid dienone is 5. The molecule has 0 aliphatic heterocycles. The molecular weight excluding hydrogens is 460 g/mol. The first-order valence-electron chi connectivity index (χ1n) is 12.7. The maximum Gasteiger partial charge on any atom is 0.0542 e. The van der Waals surface area contributed by atoms with Crippen LogP contribution >= 0.6 is 11.8 Å². The summed E-state index contributed by atoms with van der Waals surface area (Å²) < 4.78 is 0. The van der Waals surface area contributed by atoms with Crippen LogP contribution in [0.25, 0.3) is 5.70 Å². The Kier molecular flexibility index (Phi) is 15.5. The number of anilines is 1. The zero-order valence-electron chi connectivity index (χ0n) is 23.2. The van der Waals surface area contributed by atoms with Crippen molar-refractivity contribution < 1.29 is 0 Å². The van der Waals surface area contributed by atoms with Gasteiger partial charge in [0.25, 0.3) is 0 Å². The zero-order valence-corrected chi connectivity index (χ0v) is 24.0. The molecule has 0 aliphatic carbocycles. The van der Waals surface area contributed by atoms with E-state index in [1.807, 2.05) is 49.2 Å². The van der Waals surface area contributed by atoms with Gasteiger partial charge in [-0.25, -0.2) is 5.84 Å². The Hall–Kier alpha value is -2.63. The highest BCUT2D eigenvalue weighted by Gasteiger charge is 2.06. The average molecular weight is 509 g/mol. The number of hydrogen-bond donors (Lipinski definition) is 3. The summed E-state index contributed by atoms with van der Waals surface area (Å²) in [7, 11) is 1.82. The van der Waals surface area contributed by atoms with Gasteiger partial charge in [0.2, 0.25) is 0 Å². The lowest BCUT2D eigenvalue weighted by Gasteiger charge is -2.19. The van der Waals surface area contributed by atoms with Crippen molar-refractivity contribution in [3.05, 3.63) is 96.3 Å². The molecule has 198 valence electrons. The van der Waals surface area contributed by atoms with E-state index < -0.39 is 0 Å². The number of nitrogens with two attached hydrogens (primary N) is 1. The Morgan fingerprint density at radius 2 is 1.61 bits per heavy atom. The van der Waals surface area contributed by atoms with Gasteiger partial charge >= 0.3 is 0 Å². The third-order valence-electron chi connectivity index (χ3n) is 5.78. The quantitative estimate of drug-likeness (QED) is 0.0836. The van der Waals surface area contributed by atoms with Crippen LogP contribution in [0, 0.1) is 0 Å². The van der Waals surface area contributed by atoms with Gasteiger partial charge in [-0.05, 0) is 71.1 Å². The number of rotatable bonds is 18. The van der Waals surface area contributed by atoms with Crippen molar-refractivity contribution in [1.29, 1.82) is 0 Å². The van der Waals surface area contributed by atoms with Crippen LogP contribution in [-0.2, 0) is 0 Å². The number of hydrogen-bond acceptors (Lipinski definition) is 5.